The normalized spacial score (nSPS) is 14.2. The molecule has 1 aromatic carbocycles. The summed E-state index contributed by atoms with van der Waals surface area (Å²) in [5, 5.41) is 20.5. The average molecular weight is 278 g/mol. The number of H-pyrrole nitrogens is 1. The minimum absolute atomic E-state index is 0.290. The van der Waals surface area contributed by atoms with E-state index in [0.29, 0.717) is 22.9 Å². The van der Waals surface area contributed by atoms with Crippen molar-refractivity contribution in [2.24, 2.45) is 5.73 Å². The van der Waals surface area contributed by atoms with Crippen LogP contribution in [-0.2, 0) is 4.74 Å². The number of methoxy groups -OCH3 is 1. The number of hydrogen-bond acceptors (Lipinski definition) is 5. The van der Waals surface area contributed by atoms with Gasteiger partial charge in [0.2, 0.25) is 0 Å². The van der Waals surface area contributed by atoms with Crippen LogP contribution in [0.1, 0.15) is 28.4 Å². The van der Waals surface area contributed by atoms with Gasteiger partial charge in [0, 0.05) is 17.1 Å². The van der Waals surface area contributed by atoms with E-state index in [9.17, 15) is 15.0 Å². The van der Waals surface area contributed by atoms with E-state index in [4.69, 9.17) is 10.5 Å². The van der Waals surface area contributed by atoms with Gasteiger partial charge in [0.05, 0.1) is 18.8 Å². The fourth-order valence-corrected chi connectivity index (χ4v) is 2.15. The van der Waals surface area contributed by atoms with Gasteiger partial charge in [-0.2, -0.15) is 0 Å². The maximum absolute atomic E-state index is 11.6. The third-order valence-electron chi connectivity index (χ3n) is 3.28. The van der Waals surface area contributed by atoms with Gasteiger partial charge in [-0.15, -0.1) is 0 Å². The van der Waals surface area contributed by atoms with Crippen molar-refractivity contribution in [3.05, 3.63) is 35.5 Å². The van der Waals surface area contributed by atoms with E-state index in [2.05, 4.69) is 4.98 Å². The third-order valence-corrected chi connectivity index (χ3v) is 3.28. The molecule has 20 heavy (non-hydrogen) atoms. The molecule has 1 aromatic heterocycles. The number of carbonyl (C=O) groups is 1. The van der Waals surface area contributed by atoms with E-state index in [1.807, 2.05) is 0 Å². The number of hydrogen-bond donors (Lipinski definition) is 4. The Hall–Kier alpha value is -1.89. The Bertz CT molecular complexity index is 608. The van der Waals surface area contributed by atoms with E-state index < -0.39 is 18.2 Å². The number of nitrogens with two attached hydrogens (primary N) is 1. The number of rotatable bonds is 5. The molecule has 0 amide bonds. The number of carbonyl (C=O) groups excluding carboxylic acids is 1. The van der Waals surface area contributed by atoms with Crippen LogP contribution >= 0.6 is 0 Å². The van der Waals surface area contributed by atoms with Gasteiger partial charge in [-0.3, -0.25) is 0 Å². The topological polar surface area (TPSA) is 109 Å². The Morgan fingerprint density at radius 2 is 2.20 bits per heavy atom. The van der Waals surface area contributed by atoms with Gasteiger partial charge in [0.1, 0.15) is 6.10 Å². The Labute approximate surface area is 116 Å². The van der Waals surface area contributed by atoms with Crippen LogP contribution in [0.5, 0.6) is 0 Å². The highest BCUT2D eigenvalue weighted by Crippen LogP contribution is 2.26. The zero-order chi connectivity index (χ0) is 14.7. The molecule has 0 spiro atoms. The number of aliphatic hydroxyl groups excluding tert-OH is 2. The second-order valence-electron chi connectivity index (χ2n) is 4.59. The molecule has 1 heterocycles. The molecule has 0 saturated heterocycles. The van der Waals surface area contributed by atoms with Crippen LogP contribution in [0, 0.1) is 0 Å². The predicted octanol–water partition coefficient (Wildman–Crippen LogP) is 0.698. The molecule has 2 aromatic rings. The lowest BCUT2D eigenvalue weighted by atomic mass is 10.00. The van der Waals surface area contributed by atoms with Crippen LogP contribution in [0.4, 0.5) is 0 Å². The zero-order valence-corrected chi connectivity index (χ0v) is 11.2. The third kappa shape index (κ3) is 2.67. The minimum atomic E-state index is -1.04. The number of nitrogens with one attached hydrogen (secondary N) is 1. The van der Waals surface area contributed by atoms with Gasteiger partial charge >= 0.3 is 5.97 Å². The summed E-state index contributed by atoms with van der Waals surface area (Å²) in [4.78, 5) is 14.6. The highest BCUT2D eigenvalue weighted by molar-refractivity contribution is 6.04. The van der Waals surface area contributed by atoms with Crippen LogP contribution in [-0.4, -0.2) is 40.9 Å². The van der Waals surface area contributed by atoms with Crippen molar-refractivity contribution in [2.45, 2.75) is 18.6 Å². The van der Waals surface area contributed by atoms with Crippen LogP contribution in [0.15, 0.2) is 24.4 Å². The number of ether oxygens (including phenoxy) is 1. The first-order valence-electron chi connectivity index (χ1n) is 6.34. The van der Waals surface area contributed by atoms with Crippen LogP contribution in [0.25, 0.3) is 10.9 Å². The summed E-state index contributed by atoms with van der Waals surface area (Å²) in [7, 11) is 1.31. The minimum Gasteiger partial charge on any atom is -0.465 e. The number of benzene rings is 1. The smallest absolute Gasteiger partial charge is 0.340 e. The maximum Gasteiger partial charge on any atom is 0.340 e. The number of esters is 1. The van der Waals surface area contributed by atoms with Gasteiger partial charge in [0.15, 0.2) is 0 Å². The molecular weight excluding hydrogens is 260 g/mol. The van der Waals surface area contributed by atoms with E-state index in [1.165, 1.54) is 7.11 Å². The quantitative estimate of drug-likeness (QED) is 0.602. The molecule has 0 aliphatic heterocycles. The molecule has 108 valence electrons. The van der Waals surface area contributed by atoms with Crippen LogP contribution in [0.3, 0.4) is 0 Å². The van der Waals surface area contributed by atoms with E-state index in [0.717, 1.165) is 5.52 Å². The lowest BCUT2D eigenvalue weighted by Gasteiger charge is -2.17. The van der Waals surface area contributed by atoms with Gasteiger partial charge < -0.3 is 25.7 Å². The SMILES string of the molecule is COC(=O)c1c[nH]c2ccc(C(O)C(O)CCN)cc12. The number of aliphatic hydroxyl groups is 2. The number of aromatic amines is 1. The second kappa shape index (κ2) is 6.04. The highest BCUT2D eigenvalue weighted by atomic mass is 16.5. The molecule has 2 atom stereocenters. The first-order chi connectivity index (χ1) is 9.58. The van der Waals surface area contributed by atoms with Crippen LogP contribution in [0.2, 0.25) is 0 Å². The fraction of sp³-hybridized carbons (Fsp3) is 0.357. The van der Waals surface area contributed by atoms with Gasteiger partial charge in [-0.25, -0.2) is 4.79 Å². The second-order valence-corrected chi connectivity index (χ2v) is 4.59. The van der Waals surface area contributed by atoms with Crippen molar-refractivity contribution in [3.63, 3.8) is 0 Å². The fourth-order valence-electron chi connectivity index (χ4n) is 2.15. The van der Waals surface area contributed by atoms with E-state index in [1.54, 1.807) is 24.4 Å². The molecule has 6 nitrogen and oxygen atoms in total. The molecular formula is C14H18N2O4. The Morgan fingerprint density at radius 3 is 2.85 bits per heavy atom. The lowest BCUT2D eigenvalue weighted by molar-refractivity contribution is 0.0151. The number of aromatic nitrogens is 1. The first kappa shape index (κ1) is 14.5. The summed E-state index contributed by atoms with van der Waals surface area (Å²) in [6.45, 7) is 0.290. The van der Waals surface area contributed by atoms with Crippen LogP contribution < -0.4 is 5.73 Å². The Balaban J connectivity index is 2.39. The predicted molar refractivity (Wildman–Crippen MR) is 74.3 cm³/mol. The lowest BCUT2D eigenvalue weighted by Crippen LogP contribution is -2.21. The summed E-state index contributed by atoms with van der Waals surface area (Å²) in [5.41, 5.74) is 7.05. The van der Waals surface area contributed by atoms with Crippen molar-refractivity contribution in [1.82, 2.24) is 4.98 Å². The summed E-state index contributed by atoms with van der Waals surface area (Å²) in [5.74, 6) is -0.453. The van der Waals surface area contributed by atoms with Gasteiger partial charge in [-0.1, -0.05) is 6.07 Å². The largest absolute Gasteiger partial charge is 0.465 e. The Kier molecular flexibility index (Phi) is 4.39. The molecule has 0 radical (unpaired) electrons. The van der Waals surface area contributed by atoms with Crippen molar-refractivity contribution in [1.29, 1.82) is 0 Å². The molecule has 2 unspecified atom stereocenters. The molecule has 6 heteroatoms. The monoisotopic (exact) mass is 278 g/mol. The zero-order valence-electron chi connectivity index (χ0n) is 11.2. The van der Waals surface area contributed by atoms with Crippen molar-refractivity contribution < 1.29 is 19.7 Å². The Morgan fingerprint density at radius 1 is 1.45 bits per heavy atom. The summed E-state index contributed by atoms with van der Waals surface area (Å²) < 4.78 is 4.70. The molecule has 2 rings (SSSR count). The van der Waals surface area contributed by atoms with E-state index in [-0.39, 0.29) is 6.54 Å². The number of fused-ring (bicyclic) bond motifs is 1. The summed E-state index contributed by atoms with van der Waals surface area (Å²) in [6.07, 6.45) is -0.111. The first-order valence-corrected chi connectivity index (χ1v) is 6.34. The summed E-state index contributed by atoms with van der Waals surface area (Å²) in [6, 6.07) is 5.11. The highest BCUT2D eigenvalue weighted by Gasteiger charge is 2.19. The molecule has 0 aliphatic carbocycles. The molecule has 5 N–H and O–H groups in total. The van der Waals surface area contributed by atoms with E-state index >= 15 is 0 Å². The molecule has 0 bridgehead atoms. The van der Waals surface area contributed by atoms with Crippen molar-refractivity contribution in [2.75, 3.05) is 13.7 Å². The average Bonchev–Trinajstić information content (AvgIpc) is 2.88. The summed E-state index contributed by atoms with van der Waals surface area (Å²) >= 11 is 0. The van der Waals surface area contributed by atoms with Crippen molar-refractivity contribution >= 4 is 16.9 Å². The molecule has 0 saturated carbocycles. The van der Waals surface area contributed by atoms with Crippen molar-refractivity contribution in [3.8, 4) is 0 Å². The standard InChI is InChI=1S/C14H18N2O4/c1-20-14(19)10-7-16-11-3-2-8(6-9(10)11)13(18)12(17)4-5-15/h2-3,6-7,12-13,16-18H,4-5,15H2,1H3. The van der Waals surface area contributed by atoms with Gasteiger partial charge in [-0.05, 0) is 30.7 Å². The van der Waals surface area contributed by atoms with Gasteiger partial charge in [0.25, 0.3) is 0 Å². The maximum atomic E-state index is 11.6. The molecule has 0 fully saturated rings. The molecule has 0 aliphatic rings.